The molecule has 2 aliphatic heterocycles. The lowest BCUT2D eigenvalue weighted by Crippen LogP contribution is -2.46. The normalized spacial score (nSPS) is 37.9. The van der Waals surface area contributed by atoms with E-state index in [1.807, 2.05) is 0 Å². The predicted octanol–water partition coefficient (Wildman–Crippen LogP) is 0.779. The molecule has 2 heterocycles. The van der Waals surface area contributed by atoms with Crippen molar-refractivity contribution in [1.29, 1.82) is 0 Å². The summed E-state index contributed by atoms with van der Waals surface area (Å²) in [5.41, 5.74) is 0. The Morgan fingerprint density at radius 3 is 2.45 bits per heavy atom. The molecule has 2 rings (SSSR count). The van der Waals surface area contributed by atoms with Gasteiger partial charge in [-0.15, -0.1) is 0 Å². The number of rotatable bonds is 2. The van der Waals surface area contributed by atoms with Crippen molar-refractivity contribution in [3.63, 3.8) is 0 Å². The van der Waals surface area contributed by atoms with E-state index < -0.39 is 0 Å². The van der Waals surface area contributed by atoms with E-state index in [1.165, 1.54) is 12.8 Å². The Kier molecular flexibility index (Phi) is 2.39. The third kappa shape index (κ3) is 1.42. The fourth-order valence-electron chi connectivity index (χ4n) is 2.19. The third-order valence-electron chi connectivity index (χ3n) is 2.75. The summed E-state index contributed by atoms with van der Waals surface area (Å²) >= 11 is 4.26. The van der Waals surface area contributed by atoms with Gasteiger partial charge in [0.25, 0.3) is 0 Å². The Morgan fingerprint density at radius 1 is 1.27 bits per heavy atom. The van der Waals surface area contributed by atoms with E-state index >= 15 is 0 Å². The number of nitrogens with zero attached hydrogens (tertiary/aromatic N) is 1. The smallest absolute Gasteiger partial charge is 0.0622 e. The molecule has 0 aromatic heterocycles. The second-order valence-corrected chi connectivity index (χ2v) is 3.83. The summed E-state index contributed by atoms with van der Waals surface area (Å²) in [5, 5.41) is 0. The van der Waals surface area contributed by atoms with Crippen LogP contribution < -0.4 is 0 Å². The fourth-order valence-corrected chi connectivity index (χ4v) is 2.42. The first-order valence-corrected chi connectivity index (χ1v) is 4.99. The van der Waals surface area contributed by atoms with Crippen molar-refractivity contribution in [2.75, 3.05) is 25.5 Å². The van der Waals surface area contributed by atoms with Crippen LogP contribution in [0.25, 0.3) is 0 Å². The standard InChI is InChI=1S/C8H15NOS/c11-4-3-9-7-1-2-8(9)6-10-5-7/h7-8,11H,1-6H2. The summed E-state index contributed by atoms with van der Waals surface area (Å²) < 4.78 is 5.47. The fraction of sp³-hybridized carbons (Fsp3) is 1.00. The average Bonchev–Trinajstić information content (AvgIpc) is 2.30. The van der Waals surface area contributed by atoms with Crippen molar-refractivity contribution in [3.8, 4) is 0 Å². The summed E-state index contributed by atoms with van der Waals surface area (Å²) in [4.78, 5) is 2.57. The maximum atomic E-state index is 5.47. The van der Waals surface area contributed by atoms with E-state index in [0.717, 1.165) is 25.5 Å². The first-order valence-electron chi connectivity index (χ1n) is 4.36. The molecule has 2 unspecified atom stereocenters. The number of ether oxygens (including phenoxy) is 1. The lowest BCUT2D eigenvalue weighted by Gasteiger charge is -2.33. The van der Waals surface area contributed by atoms with Crippen molar-refractivity contribution in [2.24, 2.45) is 0 Å². The van der Waals surface area contributed by atoms with Gasteiger partial charge in [-0.1, -0.05) is 0 Å². The molecule has 2 atom stereocenters. The Labute approximate surface area is 73.3 Å². The highest BCUT2D eigenvalue weighted by Gasteiger charge is 2.36. The summed E-state index contributed by atoms with van der Waals surface area (Å²) in [7, 11) is 0. The van der Waals surface area contributed by atoms with Crippen LogP contribution in [-0.2, 0) is 4.74 Å². The number of thiol groups is 1. The van der Waals surface area contributed by atoms with Gasteiger partial charge in [0.05, 0.1) is 13.2 Å². The molecule has 2 saturated heterocycles. The summed E-state index contributed by atoms with van der Waals surface area (Å²) in [6, 6.07) is 1.42. The molecule has 2 fully saturated rings. The predicted molar refractivity (Wildman–Crippen MR) is 48.2 cm³/mol. The molecule has 11 heavy (non-hydrogen) atoms. The molecule has 0 spiro atoms. The highest BCUT2D eigenvalue weighted by atomic mass is 32.1. The van der Waals surface area contributed by atoms with Crippen molar-refractivity contribution in [1.82, 2.24) is 4.90 Å². The largest absolute Gasteiger partial charge is 0.378 e. The van der Waals surface area contributed by atoms with Gasteiger partial charge in [-0.3, -0.25) is 4.90 Å². The second-order valence-electron chi connectivity index (χ2n) is 3.38. The molecule has 2 aliphatic rings. The number of morpholine rings is 1. The zero-order valence-corrected chi connectivity index (χ0v) is 7.59. The maximum absolute atomic E-state index is 5.47. The minimum absolute atomic E-state index is 0.709. The van der Waals surface area contributed by atoms with Gasteiger partial charge in [0.2, 0.25) is 0 Å². The Morgan fingerprint density at radius 2 is 1.91 bits per heavy atom. The SMILES string of the molecule is SCCN1C2CCC1COC2. The van der Waals surface area contributed by atoms with Crippen molar-refractivity contribution in [3.05, 3.63) is 0 Å². The van der Waals surface area contributed by atoms with E-state index in [0.29, 0.717) is 12.1 Å². The van der Waals surface area contributed by atoms with E-state index in [2.05, 4.69) is 17.5 Å². The lowest BCUT2D eigenvalue weighted by atomic mass is 10.2. The lowest BCUT2D eigenvalue weighted by molar-refractivity contribution is -0.0110. The minimum Gasteiger partial charge on any atom is -0.378 e. The van der Waals surface area contributed by atoms with Crippen molar-refractivity contribution in [2.45, 2.75) is 24.9 Å². The highest BCUT2D eigenvalue weighted by Crippen LogP contribution is 2.27. The van der Waals surface area contributed by atoms with Gasteiger partial charge in [0.15, 0.2) is 0 Å². The van der Waals surface area contributed by atoms with Gasteiger partial charge < -0.3 is 4.74 Å². The first kappa shape index (κ1) is 7.90. The van der Waals surface area contributed by atoms with Crippen LogP contribution in [0.4, 0.5) is 0 Å². The van der Waals surface area contributed by atoms with Crippen LogP contribution in [0.2, 0.25) is 0 Å². The molecule has 0 amide bonds. The van der Waals surface area contributed by atoms with Crippen LogP contribution >= 0.6 is 12.6 Å². The third-order valence-corrected chi connectivity index (χ3v) is 2.95. The van der Waals surface area contributed by atoms with Gasteiger partial charge in [-0.05, 0) is 12.8 Å². The number of hydrogen-bond donors (Lipinski definition) is 1. The molecule has 0 saturated carbocycles. The summed E-state index contributed by atoms with van der Waals surface area (Å²) in [5.74, 6) is 0.979. The minimum atomic E-state index is 0.709. The average molecular weight is 173 g/mol. The molecular weight excluding hydrogens is 158 g/mol. The van der Waals surface area contributed by atoms with Gasteiger partial charge in [0, 0.05) is 24.4 Å². The quantitative estimate of drug-likeness (QED) is 0.620. The molecule has 3 heteroatoms. The molecular formula is C8H15NOS. The zero-order chi connectivity index (χ0) is 7.68. The molecule has 0 radical (unpaired) electrons. The van der Waals surface area contributed by atoms with Crippen LogP contribution in [0.15, 0.2) is 0 Å². The summed E-state index contributed by atoms with van der Waals surface area (Å²) in [6.07, 6.45) is 2.66. The van der Waals surface area contributed by atoms with E-state index in [4.69, 9.17) is 4.74 Å². The summed E-state index contributed by atoms with van der Waals surface area (Å²) in [6.45, 7) is 3.04. The number of fused-ring (bicyclic) bond motifs is 2. The Balaban J connectivity index is 1.97. The molecule has 0 aromatic rings. The molecule has 2 bridgehead atoms. The van der Waals surface area contributed by atoms with Gasteiger partial charge in [0.1, 0.15) is 0 Å². The van der Waals surface area contributed by atoms with Gasteiger partial charge >= 0.3 is 0 Å². The van der Waals surface area contributed by atoms with Crippen LogP contribution in [0.5, 0.6) is 0 Å². The van der Waals surface area contributed by atoms with Crippen molar-refractivity contribution < 1.29 is 4.74 Å². The van der Waals surface area contributed by atoms with E-state index in [1.54, 1.807) is 0 Å². The van der Waals surface area contributed by atoms with E-state index in [-0.39, 0.29) is 0 Å². The van der Waals surface area contributed by atoms with Crippen LogP contribution in [0.3, 0.4) is 0 Å². The topological polar surface area (TPSA) is 12.5 Å². The maximum Gasteiger partial charge on any atom is 0.0622 e. The first-order chi connectivity index (χ1) is 5.42. The van der Waals surface area contributed by atoms with Crippen LogP contribution in [0.1, 0.15) is 12.8 Å². The molecule has 0 N–H and O–H groups in total. The van der Waals surface area contributed by atoms with Crippen molar-refractivity contribution >= 4 is 12.6 Å². The van der Waals surface area contributed by atoms with E-state index in [9.17, 15) is 0 Å². The Hall–Kier alpha value is 0.270. The second kappa shape index (κ2) is 3.33. The van der Waals surface area contributed by atoms with Crippen LogP contribution in [0, 0.1) is 0 Å². The monoisotopic (exact) mass is 173 g/mol. The zero-order valence-electron chi connectivity index (χ0n) is 6.70. The molecule has 0 aromatic carbocycles. The Bertz CT molecular complexity index is 126. The van der Waals surface area contributed by atoms with Gasteiger partial charge in [-0.25, -0.2) is 0 Å². The molecule has 64 valence electrons. The van der Waals surface area contributed by atoms with Crippen LogP contribution in [-0.4, -0.2) is 42.5 Å². The molecule has 2 nitrogen and oxygen atoms in total. The van der Waals surface area contributed by atoms with Gasteiger partial charge in [-0.2, -0.15) is 12.6 Å². The molecule has 0 aliphatic carbocycles. The highest BCUT2D eigenvalue weighted by molar-refractivity contribution is 7.80. The number of hydrogen-bond acceptors (Lipinski definition) is 3.